The second-order valence-electron chi connectivity index (χ2n) is 6.49. The molecule has 0 aliphatic rings. The molecule has 4 nitrogen and oxygen atoms in total. The fourth-order valence-electron chi connectivity index (χ4n) is 2.53. The van der Waals surface area contributed by atoms with E-state index in [2.05, 4.69) is 5.32 Å². The van der Waals surface area contributed by atoms with Gasteiger partial charge in [-0.05, 0) is 62.9 Å². The summed E-state index contributed by atoms with van der Waals surface area (Å²) < 4.78 is 57.8. The SMILES string of the molecule is CC(C(=O)Nc1ccc(Cl)cc1C(F)(F)F)N(C)CCCOc1ccc(F)cc1. The van der Waals surface area contributed by atoms with E-state index >= 15 is 0 Å². The number of rotatable bonds is 8. The topological polar surface area (TPSA) is 41.6 Å². The molecule has 0 spiro atoms. The first-order valence-electron chi connectivity index (χ1n) is 8.84. The van der Waals surface area contributed by atoms with Crippen LogP contribution < -0.4 is 10.1 Å². The monoisotopic (exact) mass is 432 g/mol. The zero-order chi connectivity index (χ0) is 21.6. The second kappa shape index (κ2) is 9.93. The number of hydrogen-bond acceptors (Lipinski definition) is 3. The van der Waals surface area contributed by atoms with Crippen molar-refractivity contribution in [3.05, 3.63) is 58.9 Å². The maximum atomic E-state index is 13.2. The van der Waals surface area contributed by atoms with E-state index in [9.17, 15) is 22.4 Å². The van der Waals surface area contributed by atoms with Gasteiger partial charge in [-0.3, -0.25) is 9.69 Å². The third kappa shape index (κ3) is 6.90. The van der Waals surface area contributed by atoms with Crippen molar-refractivity contribution in [2.75, 3.05) is 25.5 Å². The number of nitrogens with one attached hydrogen (secondary N) is 1. The van der Waals surface area contributed by atoms with Crippen LogP contribution in [0.5, 0.6) is 5.75 Å². The lowest BCUT2D eigenvalue weighted by Gasteiger charge is -2.24. The van der Waals surface area contributed by atoms with Gasteiger partial charge in [0.2, 0.25) is 5.91 Å². The molecule has 0 heterocycles. The second-order valence-corrected chi connectivity index (χ2v) is 6.93. The molecule has 1 amide bonds. The fraction of sp³-hybridized carbons (Fsp3) is 0.350. The van der Waals surface area contributed by atoms with E-state index in [1.807, 2.05) is 0 Å². The number of amides is 1. The average molecular weight is 433 g/mol. The molecule has 0 fully saturated rings. The van der Waals surface area contributed by atoms with Gasteiger partial charge in [0, 0.05) is 11.6 Å². The highest BCUT2D eigenvalue weighted by Crippen LogP contribution is 2.36. The molecule has 0 saturated heterocycles. The summed E-state index contributed by atoms with van der Waals surface area (Å²) in [5, 5.41) is 2.25. The van der Waals surface area contributed by atoms with Gasteiger partial charge in [-0.2, -0.15) is 13.2 Å². The summed E-state index contributed by atoms with van der Waals surface area (Å²) in [7, 11) is 1.69. The van der Waals surface area contributed by atoms with Gasteiger partial charge in [-0.1, -0.05) is 11.6 Å². The first-order valence-corrected chi connectivity index (χ1v) is 9.22. The van der Waals surface area contributed by atoms with Crippen LogP contribution in [0.15, 0.2) is 42.5 Å². The molecule has 9 heteroatoms. The Hall–Kier alpha value is -2.32. The van der Waals surface area contributed by atoms with Crippen LogP contribution >= 0.6 is 11.6 Å². The van der Waals surface area contributed by atoms with E-state index < -0.39 is 23.7 Å². The van der Waals surface area contributed by atoms with Crippen molar-refractivity contribution in [3.63, 3.8) is 0 Å². The Balaban J connectivity index is 1.87. The predicted molar refractivity (Wildman–Crippen MR) is 104 cm³/mol. The molecule has 0 aromatic heterocycles. The number of carbonyl (C=O) groups is 1. The highest BCUT2D eigenvalue weighted by molar-refractivity contribution is 6.30. The molecule has 1 N–H and O–H groups in total. The van der Waals surface area contributed by atoms with Crippen molar-refractivity contribution in [2.45, 2.75) is 25.6 Å². The summed E-state index contributed by atoms with van der Waals surface area (Å²) >= 11 is 5.64. The first kappa shape index (κ1) is 23.0. The predicted octanol–water partition coefficient (Wildman–Crippen LogP) is 5.23. The van der Waals surface area contributed by atoms with Gasteiger partial charge < -0.3 is 10.1 Å². The fourth-order valence-corrected chi connectivity index (χ4v) is 2.70. The number of ether oxygens (including phenoxy) is 1. The van der Waals surface area contributed by atoms with Gasteiger partial charge >= 0.3 is 6.18 Å². The van der Waals surface area contributed by atoms with Gasteiger partial charge in [0.1, 0.15) is 11.6 Å². The van der Waals surface area contributed by atoms with Crippen LogP contribution in [0, 0.1) is 5.82 Å². The lowest BCUT2D eigenvalue weighted by atomic mass is 10.1. The zero-order valence-corrected chi connectivity index (χ0v) is 16.6. The van der Waals surface area contributed by atoms with Gasteiger partial charge in [0.15, 0.2) is 0 Å². The number of carbonyl (C=O) groups excluding carboxylic acids is 1. The van der Waals surface area contributed by atoms with Crippen LogP contribution in [0.4, 0.5) is 23.2 Å². The molecule has 158 valence electrons. The van der Waals surface area contributed by atoms with E-state index in [4.69, 9.17) is 16.3 Å². The summed E-state index contributed by atoms with van der Waals surface area (Å²) in [5.74, 6) is -0.395. The molecule has 1 unspecified atom stereocenters. The quantitative estimate of drug-likeness (QED) is 0.459. The largest absolute Gasteiger partial charge is 0.494 e. The molecule has 1 atom stereocenters. The van der Waals surface area contributed by atoms with Crippen LogP contribution in [0.2, 0.25) is 5.02 Å². The maximum Gasteiger partial charge on any atom is 0.418 e. The molecule has 2 rings (SSSR count). The van der Waals surface area contributed by atoms with Gasteiger partial charge in [-0.25, -0.2) is 4.39 Å². The molecule has 29 heavy (non-hydrogen) atoms. The van der Waals surface area contributed by atoms with Gasteiger partial charge in [0.25, 0.3) is 0 Å². The van der Waals surface area contributed by atoms with E-state index in [0.29, 0.717) is 25.3 Å². The number of hydrogen-bond donors (Lipinski definition) is 1. The molecule has 0 radical (unpaired) electrons. The van der Waals surface area contributed by atoms with Gasteiger partial charge in [0.05, 0.1) is 23.9 Å². The lowest BCUT2D eigenvalue weighted by molar-refractivity contribution is -0.137. The van der Waals surface area contributed by atoms with Crippen LogP contribution in [0.1, 0.15) is 18.9 Å². The summed E-state index contributed by atoms with van der Waals surface area (Å²) in [6, 6.07) is 8.13. The number of anilines is 1. The van der Waals surface area contributed by atoms with Crippen molar-refractivity contribution in [1.82, 2.24) is 4.90 Å². The average Bonchev–Trinajstić information content (AvgIpc) is 2.66. The Kier molecular flexibility index (Phi) is 7.87. The number of alkyl halides is 3. The molecular formula is C20H21ClF4N2O2. The van der Waals surface area contributed by atoms with Crippen LogP contribution in [0.25, 0.3) is 0 Å². The minimum Gasteiger partial charge on any atom is -0.494 e. The van der Waals surface area contributed by atoms with Gasteiger partial charge in [-0.15, -0.1) is 0 Å². The van der Waals surface area contributed by atoms with Crippen LogP contribution in [0.3, 0.4) is 0 Å². The number of halogens is 5. The van der Waals surface area contributed by atoms with Crippen molar-refractivity contribution in [3.8, 4) is 5.75 Å². The Morgan fingerprint density at radius 3 is 2.48 bits per heavy atom. The highest BCUT2D eigenvalue weighted by Gasteiger charge is 2.34. The standard InChI is InChI=1S/C20H21ClF4N2O2/c1-13(27(2)10-3-11-29-16-7-5-15(22)6-8-16)19(28)26-18-9-4-14(21)12-17(18)20(23,24)25/h4-9,12-13H,3,10-11H2,1-2H3,(H,26,28). The highest BCUT2D eigenvalue weighted by atomic mass is 35.5. The Morgan fingerprint density at radius 1 is 1.21 bits per heavy atom. The van der Waals surface area contributed by atoms with Crippen LogP contribution in [-0.4, -0.2) is 37.0 Å². The third-order valence-corrected chi connectivity index (χ3v) is 4.56. The molecule has 2 aromatic carbocycles. The van der Waals surface area contributed by atoms with Crippen LogP contribution in [-0.2, 0) is 11.0 Å². The number of benzene rings is 2. The molecule has 2 aromatic rings. The molecule has 0 aliphatic carbocycles. The Labute approximate surface area is 171 Å². The number of likely N-dealkylation sites (N-methyl/N-ethyl adjacent to an activating group) is 1. The minimum atomic E-state index is -4.64. The molecule has 0 bridgehead atoms. The summed E-state index contributed by atoms with van der Waals surface area (Å²) in [6.07, 6.45) is -4.07. The number of nitrogens with zero attached hydrogens (tertiary/aromatic N) is 1. The summed E-state index contributed by atoms with van der Waals surface area (Å²) in [5.41, 5.74) is -1.34. The van der Waals surface area contributed by atoms with E-state index in [-0.39, 0.29) is 16.5 Å². The summed E-state index contributed by atoms with van der Waals surface area (Å²) in [4.78, 5) is 14.1. The molecule has 0 aliphatic heterocycles. The smallest absolute Gasteiger partial charge is 0.418 e. The summed E-state index contributed by atoms with van der Waals surface area (Å²) in [6.45, 7) is 2.42. The minimum absolute atomic E-state index is 0.0679. The zero-order valence-electron chi connectivity index (χ0n) is 15.9. The van der Waals surface area contributed by atoms with E-state index in [0.717, 1.165) is 12.1 Å². The molecular weight excluding hydrogens is 412 g/mol. The van der Waals surface area contributed by atoms with E-state index in [1.54, 1.807) is 18.9 Å². The van der Waals surface area contributed by atoms with Crippen molar-refractivity contribution >= 4 is 23.2 Å². The third-order valence-electron chi connectivity index (χ3n) is 4.32. The Morgan fingerprint density at radius 2 is 1.86 bits per heavy atom. The Bertz CT molecular complexity index is 828. The van der Waals surface area contributed by atoms with Crippen molar-refractivity contribution in [1.29, 1.82) is 0 Å². The van der Waals surface area contributed by atoms with E-state index in [1.165, 1.54) is 30.3 Å². The lowest BCUT2D eigenvalue weighted by Crippen LogP contribution is -2.40. The van der Waals surface area contributed by atoms with Crippen molar-refractivity contribution in [2.24, 2.45) is 0 Å². The van der Waals surface area contributed by atoms with Crippen molar-refractivity contribution < 1.29 is 27.1 Å². The first-order chi connectivity index (χ1) is 13.6. The molecule has 0 saturated carbocycles. The normalized spacial score (nSPS) is 12.7. The maximum absolute atomic E-state index is 13.2.